The number of carbonyl (C=O) groups is 1. The lowest BCUT2D eigenvalue weighted by molar-refractivity contribution is -0.137. The summed E-state index contributed by atoms with van der Waals surface area (Å²) in [5.41, 5.74) is 2.10. The third kappa shape index (κ3) is 5.29. The largest absolute Gasteiger partial charge is 0.417 e. The fourth-order valence-electron chi connectivity index (χ4n) is 4.86. The number of hydrogen-bond acceptors (Lipinski definition) is 4. The van der Waals surface area contributed by atoms with Crippen LogP contribution in [0.1, 0.15) is 24.1 Å². The van der Waals surface area contributed by atoms with E-state index in [4.69, 9.17) is 16.7 Å². The second kappa shape index (κ2) is 9.95. The first-order valence-electron chi connectivity index (χ1n) is 12.1. The fraction of sp³-hybridized carbons (Fsp3) is 0.370. The van der Waals surface area contributed by atoms with Gasteiger partial charge in [0.15, 0.2) is 0 Å². The summed E-state index contributed by atoms with van der Waals surface area (Å²) in [5.74, 6) is 0.322. The summed E-state index contributed by atoms with van der Waals surface area (Å²) in [5, 5.41) is 4.45. The molecule has 2 aliphatic rings. The van der Waals surface area contributed by atoms with Gasteiger partial charge in [-0.1, -0.05) is 23.7 Å². The highest BCUT2D eigenvalue weighted by molar-refractivity contribution is 6.31. The number of aromatic nitrogens is 3. The lowest BCUT2D eigenvalue weighted by Crippen LogP contribution is -2.47. The third-order valence-electron chi connectivity index (χ3n) is 6.83. The Bertz CT molecular complexity index is 1330. The van der Waals surface area contributed by atoms with Gasteiger partial charge in [0.25, 0.3) is 0 Å². The van der Waals surface area contributed by atoms with E-state index in [-0.39, 0.29) is 17.0 Å². The van der Waals surface area contributed by atoms with Gasteiger partial charge in [0.1, 0.15) is 5.69 Å². The Morgan fingerprint density at radius 3 is 2.54 bits per heavy atom. The van der Waals surface area contributed by atoms with Crippen molar-refractivity contribution in [1.82, 2.24) is 24.6 Å². The Morgan fingerprint density at radius 1 is 1.16 bits per heavy atom. The maximum Gasteiger partial charge on any atom is 0.417 e. The molecule has 0 spiro atoms. The lowest BCUT2D eigenvalue weighted by Gasteiger charge is -2.36. The lowest BCUT2D eigenvalue weighted by atomic mass is 9.96. The zero-order valence-electron chi connectivity index (χ0n) is 20.5. The molecule has 1 atom stereocenters. The molecule has 0 N–H and O–H groups in total. The minimum atomic E-state index is -4.59. The van der Waals surface area contributed by atoms with Crippen LogP contribution in [0.25, 0.3) is 22.4 Å². The minimum Gasteiger partial charge on any atom is -0.328 e. The predicted molar refractivity (Wildman–Crippen MR) is 136 cm³/mol. The van der Waals surface area contributed by atoms with Crippen molar-refractivity contribution in [1.29, 1.82) is 0 Å². The molecule has 1 aliphatic carbocycles. The van der Waals surface area contributed by atoms with Gasteiger partial charge in [-0.25, -0.2) is 0 Å². The topological polar surface area (TPSA) is 54.3 Å². The number of hydrogen-bond donors (Lipinski definition) is 0. The average molecular weight is 530 g/mol. The molecular weight excluding hydrogens is 503 g/mol. The molecule has 0 unspecified atom stereocenters. The molecule has 1 aliphatic heterocycles. The van der Waals surface area contributed by atoms with E-state index >= 15 is 0 Å². The molecule has 0 radical (unpaired) electrons. The normalized spacial score (nSPS) is 18.0. The number of carbonyl (C=O) groups excluding carboxylic acids is 1. The maximum absolute atomic E-state index is 13.7. The number of halogens is 4. The van der Waals surface area contributed by atoms with E-state index in [9.17, 15) is 18.0 Å². The number of pyridine rings is 1. The first-order valence-corrected chi connectivity index (χ1v) is 12.5. The van der Waals surface area contributed by atoms with Crippen molar-refractivity contribution in [3.63, 3.8) is 0 Å². The molecule has 3 heterocycles. The SMILES string of the molecule is CN(C)C/C=C/C(=O)N1Cc2c(-c3ccncc3)c(-c3ccc(Cl)c(C(F)(F)F)c3)nn2C[C@@H]1C1CC1. The predicted octanol–water partition coefficient (Wildman–Crippen LogP) is 5.52. The van der Waals surface area contributed by atoms with E-state index in [0.717, 1.165) is 30.2 Å². The van der Waals surface area contributed by atoms with Crippen LogP contribution in [0, 0.1) is 5.92 Å². The Balaban J connectivity index is 1.62. The van der Waals surface area contributed by atoms with E-state index in [1.54, 1.807) is 36.7 Å². The third-order valence-corrected chi connectivity index (χ3v) is 7.16. The van der Waals surface area contributed by atoms with Crippen LogP contribution in [0.5, 0.6) is 0 Å². The summed E-state index contributed by atoms with van der Waals surface area (Å²) in [6.07, 6.45) is 4.22. The number of nitrogens with zero attached hydrogens (tertiary/aromatic N) is 5. The first kappa shape index (κ1) is 25.5. The molecule has 1 saturated carbocycles. The molecule has 37 heavy (non-hydrogen) atoms. The number of alkyl halides is 3. The van der Waals surface area contributed by atoms with Crippen LogP contribution in [0.3, 0.4) is 0 Å². The summed E-state index contributed by atoms with van der Waals surface area (Å²) >= 11 is 5.89. The van der Waals surface area contributed by atoms with E-state index in [1.165, 1.54) is 6.07 Å². The van der Waals surface area contributed by atoms with Crippen LogP contribution < -0.4 is 0 Å². The number of amides is 1. The average Bonchev–Trinajstić information content (AvgIpc) is 3.63. The Morgan fingerprint density at radius 2 is 1.89 bits per heavy atom. The number of benzene rings is 1. The van der Waals surface area contributed by atoms with Crippen molar-refractivity contribution in [2.75, 3.05) is 20.6 Å². The molecule has 5 rings (SSSR count). The van der Waals surface area contributed by atoms with E-state index < -0.39 is 11.7 Å². The van der Waals surface area contributed by atoms with Gasteiger partial charge in [-0.3, -0.25) is 14.5 Å². The van der Waals surface area contributed by atoms with E-state index in [2.05, 4.69) is 4.98 Å². The van der Waals surface area contributed by atoms with Crippen LogP contribution >= 0.6 is 11.6 Å². The van der Waals surface area contributed by atoms with Crippen LogP contribution in [-0.4, -0.2) is 57.2 Å². The van der Waals surface area contributed by atoms with Crippen molar-refractivity contribution < 1.29 is 18.0 Å². The summed E-state index contributed by atoms with van der Waals surface area (Å²) in [6, 6.07) is 7.45. The minimum absolute atomic E-state index is 0.0157. The van der Waals surface area contributed by atoms with Gasteiger partial charge in [-0.05, 0) is 62.7 Å². The standard InChI is InChI=1S/C27H27ClF3N5O/c1-34(2)13-3-4-24(37)35-15-23-25(18-9-11-32-12-10-18)26(33-36(23)16-22(35)17-5-6-17)19-7-8-21(28)20(14-19)27(29,30)31/h3-4,7-12,14,17,22H,5-6,13,15-16H2,1-2H3/b4-3+/t22-/m1/s1. The molecule has 3 aromatic rings. The van der Waals surface area contributed by atoms with Crippen molar-refractivity contribution in [2.45, 2.75) is 38.1 Å². The zero-order valence-corrected chi connectivity index (χ0v) is 21.3. The Labute approximate surface area is 218 Å². The van der Waals surface area contributed by atoms with Gasteiger partial charge in [-0.15, -0.1) is 0 Å². The summed E-state index contributed by atoms with van der Waals surface area (Å²) in [7, 11) is 3.87. The number of likely N-dealkylation sites (N-methyl/N-ethyl adjacent to an activating group) is 1. The highest BCUT2D eigenvalue weighted by Gasteiger charge is 2.42. The number of fused-ring (bicyclic) bond motifs is 1. The van der Waals surface area contributed by atoms with Crippen LogP contribution in [0.2, 0.25) is 5.02 Å². The van der Waals surface area contributed by atoms with Crippen LogP contribution in [0.4, 0.5) is 13.2 Å². The summed E-state index contributed by atoms with van der Waals surface area (Å²) in [6.45, 7) is 1.46. The second-order valence-corrected chi connectivity index (χ2v) is 10.2. The van der Waals surface area contributed by atoms with Gasteiger partial charge < -0.3 is 9.80 Å². The van der Waals surface area contributed by atoms with E-state index in [1.807, 2.05) is 34.7 Å². The van der Waals surface area contributed by atoms with Crippen LogP contribution in [0.15, 0.2) is 54.9 Å². The fourth-order valence-corrected chi connectivity index (χ4v) is 5.09. The van der Waals surface area contributed by atoms with E-state index in [0.29, 0.717) is 42.4 Å². The Hall–Kier alpha value is -3.17. The van der Waals surface area contributed by atoms with Crippen LogP contribution in [-0.2, 0) is 24.1 Å². The molecule has 1 amide bonds. The quantitative estimate of drug-likeness (QED) is 0.394. The van der Waals surface area contributed by atoms with Crippen molar-refractivity contribution >= 4 is 17.5 Å². The van der Waals surface area contributed by atoms with Gasteiger partial charge in [0.2, 0.25) is 5.91 Å². The molecule has 0 saturated heterocycles. The van der Waals surface area contributed by atoms with Gasteiger partial charge in [0.05, 0.1) is 35.4 Å². The first-order chi connectivity index (χ1) is 17.6. The van der Waals surface area contributed by atoms with Gasteiger partial charge >= 0.3 is 6.18 Å². The maximum atomic E-state index is 13.7. The molecule has 0 bridgehead atoms. The van der Waals surface area contributed by atoms with Crippen molar-refractivity contribution in [3.8, 4) is 22.4 Å². The van der Waals surface area contributed by atoms with Crippen molar-refractivity contribution in [2.24, 2.45) is 5.92 Å². The summed E-state index contributed by atoms with van der Waals surface area (Å²) < 4.78 is 42.8. The van der Waals surface area contributed by atoms with Crippen molar-refractivity contribution in [3.05, 3.63) is 71.2 Å². The molecule has 1 fully saturated rings. The summed E-state index contributed by atoms with van der Waals surface area (Å²) in [4.78, 5) is 21.2. The molecule has 194 valence electrons. The zero-order chi connectivity index (χ0) is 26.3. The molecule has 6 nitrogen and oxygen atoms in total. The monoisotopic (exact) mass is 529 g/mol. The van der Waals surface area contributed by atoms with Gasteiger partial charge in [-0.2, -0.15) is 18.3 Å². The highest BCUT2D eigenvalue weighted by Crippen LogP contribution is 2.44. The number of rotatable bonds is 6. The smallest absolute Gasteiger partial charge is 0.328 e. The van der Waals surface area contributed by atoms with Gasteiger partial charge in [0, 0.05) is 36.1 Å². The Kier molecular flexibility index (Phi) is 6.85. The highest BCUT2D eigenvalue weighted by atomic mass is 35.5. The molecule has 10 heteroatoms. The second-order valence-electron chi connectivity index (χ2n) is 9.82. The molecule has 2 aromatic heterocycles. The molecule has 1 aromatic carbocycles. The molecular formula is C27H27ClF3N5O.